The minimum atomic E-state index is -3.23. The second kappa shape index (κ2) is 6.37. The first-order valence-electron chi connectivity index (χ1n) is 7.42. The van der Waals surface area contributed by atoms with Crippen LogP contribution in [-0.2, 0) is 10.0 Å². The maximum atomic E-state index is 12.5. The molecule has 7 nitrogen and oxygen atoms in total. The van der Waals surface area contributed by atoms with Crippen LogP contribution >= 0.6 is 0 Å². The summed E-state index contributed by atoms with van der Waals surface area (Å²) in [6.45, 7) is 6.42. The molecule has 1 aliphatic rings. The van der Waals surface area contributed by atoms with Gasteiger partial charge in [0.1, 0.15) is 5.56 Å². The number of hydrogen-bond acceptors (Lipinski definition) is 5. The zero-order valence-electron chi connectivity index (χ0n) is 13.4. The zero-order valence-corrected chi connectivity index (χ0v) is 14.2. The first-order chi connectivity index (χ1) is 10.2. The first kappa shape index (κ1) is 17.0. The smallest absolute Gasteiger partial charge is 0.257 e. The highest BCUT2D eigenvalue weighted by Gasteiger charge is 2.29. The molecule has 1 atom stereocenters. The van der Waals surface area contributed by atoms with Crippen LogP contribution in [0, 0.1) is 6.92 Å². The monoisotopic (exact) mass is 329 g/mol. The Labute approximate surface area is 131 Å². The van der Waals surface area contributed by atoms with Crippen LogP contribution in [-0.4, -0.2) is 49.2 Å². The number of carbonyl (C=O) groups is 1. The molecule has 1 aromatic rings. The number of hydrogen-bond donors (Lipinski definition) is 1. The van der Waals surface area contributed by atoms with Crippen molar-refractivity contribution in [2.24, 2.45) is 0 Å². The van der Waals surface area contributed by atoms with E-state index in [9.17, 15) is 13.2 Å². The van der Waals surface area contributed by atoms with E-state index in [0.717, 1.165) is 12.8 Å². The Balaban J connectivity index is 2.11. The van der Waals surface area contributed by atoms with E-state index >= 15 is 0 Å². The number of piperidine rings is 1. The summed E-state index contributed by atoms with van der Waals surface area (Å²) in [6, 6.07) is -0.190. The van der Waals surface area contributed by atoms with Crippen LogP contribution in [0.1, 0.15) is 54.4 Å². The summed E-state index contributed by atoms with van der Waals surface area (Å²) in [5, 5.41) is 6.78. The van der Waals surface area contributed by atoms with E-state index in [4.69, 9.17) is 4.52 Å². The SMILES string of the molecule is Cc1noc(C(C)C)c1C(=O)NC1CCCN(S(C)(=O)=O)C1. The molecule has 1 saturated heterocycles. The number of amides is 1. The minimum absolute atomic E-state index is 0.0563. The molecular weight excluding hydrogens is 306 g/mol. The molecule has 2 rings (SSSR count). The molecule has 0 aromatic carbocycles. The van der Waals surface area contributed by atoms with Crippen molar-refractivity contribution in [2.45, 2.75) is 45.6 Å². The standard InChI is InChI=1S/C14H23N3O4S/c1-9(2)13-12(10(3)16-21-13)14(18)15-11-6-5-7-17(8-11)22(4,19)20/h9,11H,5-8H2,1-4H3,(H,15,18). The van der Waals surface area contributed by atoms with E-state index in [1.807, 2.05) is 13.8 Å². The summed E-state index contributed by atoms with van der Waals surface area (Å²) in [7, 11) is -3.23. The Bertz CT molecular complexity index is 651. The summed E-state index contributed by atoms with van der Waals surface area (Å²) in [4.78, 5) is 12.5. The van der Waals surface area contributed by atoms with Crippen molar-refractivity contribution in [3.05, 3.63) is 17.0 Å². The number of aromatic nitrogens is 1. The Hall–Kier alpha value is -1.41. The highest BCUT2D eigenvalue weighted by molar-refractivity contribution is 7.88. The van der Waals surface area contributed by atoms with Crippen molar-refractivity contribution in [2.75, 3.05) is 19.3 Å². The van der Waals surface area contributed by atoms with Gasteiger partial charge in [0.2, 0.25) is 10.0 Å². The lowest BCUT2D eigenvalue weighted by Crippen LogP contribution is -2.49. The maximum absolute atomic E-state index is 12.5. The van der Waals surface area contributed by atoms with Crippen molar-refractivity contribution in [3.63, 3.8) is 0 Å². The van der Waals surface area contributed by atoms with Crippen molar-refractivity contribution in [3.8, 4) is 0 Å². The van der Waals surface area contributed by atoms with Gasteiger partial charge in [0, 0.05) is 25.0 Å². The molecule has 1 aromatic heterocycles. The topological polar surface area (TPSA) is 92.5 Å². The number of nitrogens with zero attached hydrogens (tertiary/aromatic N) is 2. The number of sulfonamides is 1. The van der Waals surface area contributed by atoms with Gasteiger partial charge in [-0.3, -0.25) is 4.79 Å². The van der Waals surface area contributed by atoms with Gasteiger partial charge in [0.25, 0.3) is 5.91 Å². The number of aryl methyl sites for hydroxylation is 1. The number of carbonyl (C=O) groups excluding carboxylic acids is 1. The number of rotatable bonds is 4. The molecule has 0 bridgehead atoms. The van der Waals surface area contributed by atoms with Gasteiger partial charge < -0.3 is 9.84 Å². The zero-order chi connectivity index (χ0) is 16.5. The summed E-state index contributed by atoms with van der Waals surface area (Å²) < 4.78 is 29.9. The Morgan fingerprint density at radius 2 is 2.14 bits per heavy atom. The average molecular weight is 329 g/mol. The predicted molar refractivity (Wildman–Crippen MR) is 82.2 cm³/mol. The van der Waals surface area contributed by atoms with Gasteiger partial charge in [0.15, 0.2) is 5.76 Å². The highest BCUT2D eigenvalue weighted by atomic mass is 32.2. The normalized spacial score (nSPS) is 20.3. The average Bonchev–Trinajstić information content (AvgIpc) is 2.80. The maximum Gasteiger partial charge on any atom is 0.257 e. The summed E-state index contributed by atoms with van der Waals surface area (Å²) in [5.41, 5.74) is 1.02. The molecule has 1 amide bonds. The molecule has 1 unspecified atom stereocenters. The number of nitrogens with one attached hydrogen (secondary N) is 1. The van der Waals surface area contributed by atoms with Gasteiger partial charge in [0.05, 0.1) is 11.9 Å². The van der Waals surface area contributed by atoms with E-state index in [2.05, 4.69) is 10.5 Å². The van der Waals surface area contributed by atoms with Crippen LogP contribution in [0.2, 0.25) is 0 Å². The second-order valence-electron chi connectivity index (χ2n) is 6.10. The van der Waals surface area contributed by atoms with Crippen LogP contribution in [0.4, 0.5) is 0 Å². The van der Waals surface area contributed by atoms with Gasteiger partial charge in [-0.1, -0.05) is 19.0 Å². The molecule has 22 heavy (non-hydrogen) atoms. The third-order valence-electron chi connectivity index (χ3n) is 3.83. The van der Waals surface area contributed by atoms with Gasteiger partial charge >= 0.3 is 0 Å². The van der Waals surface area contributed by atoms with E-state index in [0.29, 0.717) is 30.1 Å². The fraction of sp³-hybridized carbons (Fsp3) is 0.714. The molecule has 0 radical (unpaired) electrons. The van der Waals surface area contributed by atoms with Gasteiger partial charge in [-0.05, 0) is 19.8 Å². The minimum Gasteiger partial charge on any atom is -0.360 e. The molecule has 2 heterocycles. The molecule has 124 valence electrons. The molecule has 0 spiro atoms. The van der Waals surface area contributed by atoms with Crippen LogP contribution in [0.25, 0.3) is 0 Å². The molecule has 8 heteroatoms. The van der Waals surface area contributed by atoms with Crippen LogP contribution in [0.3, 0.4) is 0 Å². The fourth-order valence-corrected chi connectivity index (χ4v) is 3.59. The van der Waals surface area contributed by atoms with Crippen LogP contribution in [0.5, 0.6) is 0 Å². The summed E-state index contributed by atoms with van der Waals surface area (Å²) in [6.07, 6.45) is 2.69. The van der Waals surface area contributed by atoms with Crippen molar-refractivity contribution in [1.82, 2.24) is 14.8 Å². The van der Waals surface area contributed by atoms with Gasteiger partial charge in [-0.25, -0.2) is 12.7 Å². The molecule has 0 aliphatic carbocycles. The van der Waals surface area contributed by atoms with Crippen molar-refractivity contribution < 1.29 is 17.7 Å². The summed E-state index contributed by atoms with van der Waals surface area (Å²) in [5.74, 6) is 0.370. The molecule has 1 aliphatic heterocycles. The van der Waals surface area contributed by atoms with Crippen molar-refractivity contribution in [1.29, 1.82) is 0 Å². The Kier molecular flexibility index (Phi) is 4.91. The lowest BCUT2D eigenvalue weighted by Gasteiger charge is -2.31. The molecule has 1 N–H and O–H groups in total. The third-order valence-corrected chi connectivity index (χ3v) is 5.10. The first-order valence-corrected chi connectivity index (χ1v) is 9.27. The third kappa shape index (κ3) is 3.67. The lowest BCUT2D eigenvalue weighted by atomic mass is 10.0. The van der Waals surface area contributed by atoms with Crippen LogP contribution < -0.4 is 5.32 Å². The van der Waals surface area contributed by atoms with E-state index in [-0.39, 0.29) is 17.9 Å². The molecule has 1 fully saturated rings. The van der Waals surface area contributed by atoms with Crippen molar-refractivity contribution >= 4 is 15.9 Å². The Morgan fingerprint density at radius 3 is 2.73 bits per heavy atom. The fourth-order valence-electron chi connectivity index (χ4n) is 2.68. The van der Waals surface area contributed by atoms with E-state index < -0.39 is 10.0 Å². The Morgan fingerprint density at radius 1 is 1.45 bits per heavy atom. The molecular formula is C14H23N3O4S. The highest BCUT2D eigenvalue weighted by Crippen LogP contribution is 2.23. The van der Waals surface area contributed by atoms with E-state index in [1.165, 1.54) is 10.6 Å². The van der Waals surface area contributed by atoms with Gasteiger partial charge in [-0.2, -0.15) is 0 Å². The van der Waals surface area contributed by atoms with E-state index in [1.54, 1.807) is 6.92 Å². The van der Waals surface area contributed by atoms with Crippen LogP contribution in [0.15, 0.2) is 4.52 Å². The largest absolute Gasteiger partial charge is 0.360 e. The quantitative estimate of drug-likeness (QED) is 0.898. The second-order valence-corrected chi connectivity index (χ2v) is 8.08. The lowest BCUT2D eigenvalue weighted by molar-refractivity contribution is 0.0918. The summed E-state index contributed by atoms with van der Waals surface area (Å²) >= 11 is 0. The predicted octanol–water partition coefficient (Wildman–Crippen LogP) is 1.26. The molecule has 0 saturated carbocycles. The van der Waals surface area contributed by atoms with Gasteiger partial charge in [-0.15, -0.1) is 0 Å².